The Kier molecular flexibility index (Phi) is 3.47. The maximum Gasteiger partial charge on any atom is 0.262 e. The molecule has 1 fully saturated rings. The van der Waals surface area contributed by atoms with Crippen LogP contribution >= 0.6 is 11.5 Å². The van der Waals surface area contributed by atoms with Gasteiger partial charge in [-0.05, 0) is 44.6 Å². The molecule has 0 radical (unpaired) electrons. The summed E-state index contributed by atoms with van der Waals surface area (Å²) in [4.78, 5) is 4.54. The SMILES string of the molecule is CNc1snc(C)c1-c1nc(C2(C)CCCCO2)no1. The molecule has 0 saturated carbocycles. The standard InChI is InChI=1S/C13H18N4O2S/c1-8-9(11(14-3)20-17-8)10-15-12(16-19-10)13(2)6-4-5-7-18-13/h14H,4-7H2,1-3H3. The summed E-state index contributed by atoms with van der Waals surface area (Å²) >= 11 is 1.39. The van der Waals surface area contributed by atoms with Crippen LogP contribution in [0.3, 0.4) is 0 Å². The first-order valence-electron chi connectivity index (χ1n) is 6.76. The van der Waals surface area contributed by atoms with E-state index in [0.717, 1.165) is 42.1 Å². The number of ether oxygens (including phenoxy) is 1. The van der Waals surface area contributed by atoms with Crippen LogP contribution in [0, 0.1) is 6.92 Å². The van der Waals surface area contributed by atoms with Crippen LogP contribution in [0.5, 0.6) is 0 Å². The number of hydrogen-bond donors (Lipinski definition) is 1. The molecule has 0 aliphatic carbocycles. The molecule has 0 bridgehead atoms. The molecule has 1 saturated heterocycles. The van der Waals surface area contributed by atoms with Gasteiger partial charge in [-0.15, -0.1) is 0 Å². The van der Waals surface area contributed by atoms with E-state index in [9.17, 15) is 0 Å². The van der Waals surface area contributed by atoms with E-state index in [1.165, 1.54) is 11.5 Å². The zero-order chi connectivity index (χ0) is 14.2. The summed E-state index contributed by atoms with van der Waals surface area (Å²) in [6.07, 6.45) is 3.14. The quantitative estimate of drug-likeness (QED) is 0.938. The number of nitrogens with one attached hydrogen (secondary N) is 1. The maximum absolute atomic E-state index is 5.86. The Morgan fingerprint density at radius 1 is 1.35 bits per heavy atom. The highest BCUT2D eigenvalue weighted by Crippen LogP contribution is 2.37. The molecule has 2 aromatic rings. The van der Waals surface area contributed by atoms with Gasteiger partial charge in [0.15, 0.2) is 0 Å². The Labute approximate surface area is 121 Å². The van der Waals surface area contributed by atoms with Crippen molar-refractivity contribution in [2.75, 3.05) is 19.0 Å². The third-order valence-corrected chi connectivity index (χ3v) is 4.63. The normalized spacial score (nSPS) is 22.9. The van der Waals surface area contributed by atoms with Crippen LogP contribution in [0.25, 0.3) is 11.5 Å². The molecule has 3 rings (SSSR count). The fourth-order valence-electron chi connectivity index (χ4n) is 2.44. The number of anilines is 1. The lowest BCUT2D eigenvalue weighted by Crippen LogP contribution is -2.31. The Bertz CT molecular complexity index is 601. The van der Waals surface area contributed by atoms with Crippen LogP contribution in [-0.4, -0.2) is 28.2 Å². The molecule has 1 aliphatic heterocycles. The fraction of sp³-hybridized carbons (Fsp3) is 0.615. The van der Waals surface area contributed by atoms with Gasteiger partial charge in [-0.25, -0.2) is 0 Å². The number of nitrogens with zero attached hydrogens (tertiary/aromatic N) is 3. The number of rotatable bonds is 3. The highest BCUT2D eigenvalue weighted by atomic mass is 32.1. The van der Waals surface area contributed by atoms with E-state index >= 15 is 0 Å². The van der Waals surface area contributed by atoms with Gasteiger partial charge in [0.1, 0.15) is 10.6 Å². The van der Waals surface area contributed by atoms with Crippen molar-refractivity contribution in [1.82, 2.24) is 14.5 Å². The molecule has 1 unspecified atom stereocenters. The predicted octanol–water partition coefficient (Wildman–Crippen LogP) is 2.96. The predicted molar refractivity (Wildman–Crippen MR) is 76.8 cm³/mol. The average Bonchev–Trinajstić information content (AvgIpc) is 3.06. The van der Waals surface area contributed by atoms with Crippen molar-refractivity contribution < 1.29 is 9.26 Å². The zero-order valence-electron chi connectivity index (χ0n) is 11.9. The van der Waals surface area contributed by atoms with Gasteiger partial charge in [0.25, 0.3) is 5.89 Å². The highest BCUT2D eigenvalue weighted by Gasteiger charge is 2.35. The third kappa shape index (κ3) is 2.20. The smallest absolute Gasteiger partial charge is 0.262 e. The first-order chi connectivity index (χ1) is 9.64. The van der Waals surface area contributed by atoms with Crippen molar-refractivity contribution in [3.63, 3.8) is 0 Å². The Morgan fingerprint density at radius 2 is 2.20 bits per heavy atom. The molecule has 108 valence electrons. The van der Waals surface area contributed by atoms with Gasteiger partial charge in [0, 0.05) is 13.7 Å². The molecule has 6 nitrogen and oxygen atoms in total. The first-order valence-corrected chi connectivity index (χ1v) is 7.54. The van der Waals surface area contributed by atoms with Gasteiger partial charge in [0.2, 0.25) is 5.82 Å². The molecule has 0 aromatic carbocycles. The van der Waals surface area contributed by atoms with E-state index in [-0.39, 0.29) is 0 Å². The van der Waals surface area contributed by atoms with E-state index in [0.29, 0.717) is 11.7 Å². The van der Waals surface area contributed by atoms with Crippen LogP contribution in [0.2, 0.25) is 0 Å². The summed E-state index contributed by atoms with van der Waals surface area (Å²) < 4.78 is 15.6. The second-order valence-corrected chi connectivity index (χ2v) is 5.96. The van der Waals surface area contributed by atoms with Gasteiger partial charge in [0.05, 0.1) is 11.3 Å². The molecular formula is C13H18N4O2S. The first kappa shape index (κ1) is 13.5. The Morgan fingerprint density at radius 3 is 2.90 bits per heavy atom. The molecule has 2 aromatic heterocycles. The topological polar surface area (TPSA) is 73.1 Å². The minimum absolute atomic E-state index is 0.433. The summed E-state index contributed by atoms with van der Waals surface area (Å²) in [7, 11) is 1.86. The number of aryl methyl sites for hydroxylation is 1. The minimum Gasteiger partial charge on any atom is -0.378 e. The molecule has 1 aliphatic rings. The highest BCUT2D eigenvalue weighted by molar-refractivity contribution is 7.10. The van der Waals surface area contributed by atoms with E-state index in [1.54, 1.807) is 0 Å². The summed E-state index contributed by atoms with van der Waals surface area (Å²) in [6, 6.07) is 0. The molecule has 20 heavy (non-hydrogen) atoms. The second-order valence-electron chi connectivity index (χ2n) is 5.18. The van der Waals surface area contributed by atoms with Crippen LogP contribution < -0.4 is 5.32 Å². The van der Waals surface area contributed by atoms with Gasteiger partial charge in [-0.3, -0.25) is 0 Å². The lowest BCUT2D eigenvalue weighted by atomic mass is 9.95. The second kappa shape index (κ2) is 5.14. The summed E-state index contributed by atoms with van der Waals surface area (Å²) in [5, 5.41) is 8.17. The van der Waals surface area contributed by atoms with Crippen molar-refractivity contribution in [2.24, 2.45) is 0 Å². The molecule has 7 heteroatoms. The van der Waals surface area contributed by atoms with Gasteiger partial charge in [-0.2, -0.15) is 9.36 Å². The maximum atomic E-state index is 5.86. The molecule has 3 heterocycles. The van der Waals surface area contributed by atoms with Crippen LogP contribution in [0.15, 0.2) is 4.52 Å². The van der Waals surface area contributed by atoms with Crippen molar-refractivity contribution in [3.8, 4) is 11.5 Å². The van der Waals surface area contributed by atoms with E-state index < -0.39 is 5.60 Å². The summed E-state index contributed by atoms with van der Waals surface area (Å²) in [6.45, 7) is 4.72. The number of hydrogen-bond acceptors (Lipinski definition) is 7. The largest absolute Gasteiger partial charge is 0.378 e. The lowest BCUT2D eigenvalue weighted by molar-refractivity contribution is -0.0770. The molecule has 1 N–H and O–H groups in total. The molecular weight excluding hydrogens is 276 g/mol. The van der Waals surface area contributed by atoms with Crippen molar-refractivity contribution in [2.45, 2.75) is 38.7 Å². The average molecular weight is 294 g/mol. The zero-order valence-corrected chi connectivity index (χ0v) is 12.7. The van der Waals surface area contributed by atoms with Crippen LogP contribution in [0.4, 0.5) is 5.00 Å². The van der Waals surface area contributed by atoms with Crippen molar-refractivity contribution in [1.29, 1.82) is 0 Å². The summed E-state index contributed by atoms with van der Waals surface area (Å²) in [5.41, 5.74) is 1.34. The Hall–Kier alpha value is -1.47. The van der Waals surface area contributed by atoms with E-state index in [4.69, 9.17) is 9.26 Å². The molecule has 0 amide bonds. The van der Waals surface area contributed by atoms with Gasteiger partial charge in [-0.1, -0.05) is 5.16 Å². The van der Waals surface area contributed by atoms with Crippen molar-refractivity contribution in [3.05, 3.63) is 11.5 Å². The van der Waals surface area contributed by atoms with Gasteiger partial charge >= 0.3 is 0 Å². The minimum atomic E-state index is -0.433. The van der Waals surface area contributed by atoms with Crippen molar-refractivity contribution >= 4 is 16.5 Å². The van der Waals surface area contributed by atoms with Crippen LogP contribution in [-0.2, 0) is 10.3 Å². The number of aromatic nitrogens is 3. The van der Waals surface area contributed by atoms with Gasteiger partial charge < -0.3 is 14.6 Å². The molecule has 1 atom stereocenters. The lowest BCUT2D eigenvalue weighted by Gasteiger charge is -2.30. The van der Waals surface area contributed by atoms with E-state index in [2.05, 4.69) is 19.8 Å². The monoisotopic (exact) mass is 294 g/mol. The van der Waals surface area contributed by atoms with E-state index in [1.807, 2.05) is 20.9 Å². The third-order valence-electron chi connectivity index (χ3n) is 3.67. The van der Waals surface area contributed by atoms with Crippen LogP contribution in [0.1, 0.15) is 37.7 Å². The fourth-order valence-corrected chi connectivity index (χ4v) is 3.18. The summed E-state index contributed by atoms with van der Waals surface area (Å²) in [5.74, 6) is 1.13. The molecule has 0 spiro atoms. The Balaban J connectivity index is 1.95.